The van der Waals surface area contributed by atoms with E-state index < -0.39 is 24.6 Å². The number of aryl methyl sites for hydroxylation is 1. The van der Waals surface area contributed by atoms with Crippen LogP contribution in [0.25, 0.3) is 0 Å². The molecule has 1 heterocycles. The molecule has 1 aliphatic heterocycles. The van der Waals surface area contributed by atoms with Gasteiger partial charge in [0.05, 0.1) is 5.69 Å². The van der Waals surface area contributed by atoms with Crippen LogP contribution in [0.4, 0.5) is 23.7 Å². The number of hydrogen-bond donors (Lipinski definition) is 1. The summed E-state index contributed by atoms with van der Waals surface area (Å²) in [5.41, 5.74) is -0.421. The summed E-state index contributed by atoms with van der Waals surface area (Å²) in [6.45, 7) is -0.307. The minimum atomic E-state index is -4.60. The Hall–Kier alpha value is -1.76. The number of aliphatic hydroxyl groups is 1. The average molecular weight is 289 g/mol. The first kappa shape index (κ1) is 14.6. The number of alkyl halides is 3. The molecule has 7 heteroatoms. The van der Waals surface area contributed by atoms with Gasteiger partial charge >= 0.3 is 12.3 Å². The Labute approximate surface area is 113 Å². The van der Waals surface area contributed by atoms with E-state index in [0.29, 0.717) is 12.1 Å². The zero-order valence-corrected chi connectivity index (χ0v) is 10.8. The van der Waals surface area contributed by atoms with Gasteiger partial charge in [-0.1, -0.05) is 18.2 Å². The zero-order chi connectivity index (χ0) is 15.0. The van der Waals surface area contributed by atoms with Crippen LogP contribution in [-0.2, 0) is 11.2 Å². The maximum Gasteiger partial charge on any atom is 0.422 e. The summed E-state index contributed by atoms with van der Waals surface area (Å²) in [5.74, 6) is 0. The van der Waals surface area contributed by atoms with Crippen LogP contribution in [0.15, 0.2) is 24.3 Å². The maximum atomic E-state index is 12.1. The van der Waals surface area contributed by atoms with Crippen molar-refractivity contribution in [3.63, 3.8) is 0 Å². The van der Waals surface area contributed by atoms with E-state index in [1.807, 2.05) is 0 Å². The lowest BCUT2D eigenvalue weighted by molar-refractivity contribution is -0.160. The SMILES string of the molecule is CC1(O)CCc2ccccc2N1C(=O)OCC(F)(F)F. The second kappa shape index (κ2) is 4.97. The van der Waals surface area contributed by atoms with Gasteiger partial charge in [0.15, 0.2) is 6.61 Å². The van der Waals surface area contributed by atoms with Gasteiger partial charge in [0, 0.05) is 0 Å². The summed E-state index contributed by atoms with van der Waals surface area (Å²) in [7, 11) is 0. The molecule has 1 atom stereocenters. The Bertz CT molecular complexity index is 514. The van der Waals surface area contributed by atoms with Crippen molar-refractivity contribution >= 4 is 11.8 Å². The van der Waals surface area contributed by atoms with Gasteiger partial charge in [0.2, 0.25) is 0 Å². The third kappa shape index (κ3) is 3.04. The van der Waals surface area contributed by atoms with E-state index in [1.54, 1.807) is 24.3 Å². The lowest BCUT2D eigenvalue weighted by Crippen LogP contribution is -2.53. The number of hydrogen-bond acceptors (Lipinski definition) is 3. The Morgan fingerprint density at radius 3 is 2.75 bits per heavy atom. The highest BCUT2D eigenvalue weighted by Crippen LogP contribution is 2.36. The van der Waals surface area contributed by atoms with E-state index in [4.69, 9.17) is 0 Å². The van der Waals surface area contributed by atoms with Crippen LogP contribution in [0.2, 0.25) is 0 Å². The van der Waals surface area contributed by atoms with E-state index >= 15 is 0 Å². The quantitative estimate of drug-likeness (QED) is 0.865. The number of benzene rings is 1. The molecule has 4 nitrogen and oxygen atoms in total. The molecule has 0 spiro atoms. The number of nitrogens with zero attached hydrogens (tertiary/aromatic N) is 1. The molecule has 2 rings (SSSR count). The first-order chi connectivity index (χ1) is 9.21. The van der Waals surface area contributed by atoms with Crippen molar-refractivity contribution in [2.75, 3.05) is 11.5 Å². The molecular formula is C13H14F3NO3. The number of para-hydroxylation sites is 1. The second-order valence-corrected chi connectivity index (χ2v) is 4.85. The van der Waals surface area contributed by atoms with Crippen molar-refractivity contribution in [1.82, 2.24) is 0 Å². The van der Waals surface area contributed by atoms with Crippen LogP contribution in [0.5, 0.6) is 0 Å². The molecule has 0 bridgehead atoms. The number of rotatable bonds is 1. The third-order valence-corrected chi connectivity index (χ3v) is 3.12. The van der Waals surface area contributed by atoms with Gasteiger partial charge in [-0.25, -0.2) is 9.69 Å². The lowest BCUT2D eigenvalue weighted by Gasteiger charge is -2.40. The summed E-state index contributed by atoms with van der Waals surface area (Å²) in [4.78, 5) is 12.7. The van der Waals surface area contributed by atoms with Gasteiger partial charge in [0.1, 0.15) is 5.72 Å². The van der Waals surface area contributed by atoms with Crippen molar-refractivity contribution in [3.8, 4) is 0 Å². The lowest BCUT2D eigenvalue weighted by atomic mass is 9.94. The van der Waals surface area contributed by atoms with Crippen molar-refractivity contribution < 1.29 is 27.8 Å². The zero-order valence-electron chi connectivity index (χ0n) is 10.8. The molecule has 0 saturated heterocycles. The van der Waals surface area contributed by atoms with Crippen molar-refractivity contribution in [2.24, 2.45) is 0 Å². The predicted octanol–water partition coefficient (Wildman–Crippen LogP) is 2.85. The molecular weight excluding hydrogens is 275 g/mol. The first-order valence-electron chi connectivity index (χ1n) is 6.05. The number of halogens is 3. The second-order valence-electron chi connectivity index (χ2n) is 4.85. The highest BCUT2D eigenvalue weighted by molar-refractivity contribution is 5.90. The minimum Gasteiger partial charge on any atom is -0.439 e. The first-order valence-corrected chi connectivity index (χ1v) is 6.05. The fraction of sp³-hybridized carbons (Fsp3) is 0.462. The number of amides is 1. The molecule has 20 heavy (non-hydrogen) atoms. The molecule has 0 aliphatic carbocycles. The largest absolute Gasteiger partial charge is 0.439 e. The Morgan fingerprint density at radius 2 is 2.10 bits per heavy atom. The topological polar surface area (TPSA) is 49.8 Å². The number of anilines is 1. The molecule has 0 fully saturated rings. The van der Waals surface area contributed by atoms with Crippen molar-refractivity contribution in [3.05, 3.63) is 29.8 Å². The van der Waals surface area contributed by atoms with Gasteiger partial charge < -0.3 is 9.84 Å². The monoisotopic (exact) mass is 289 g/mol. The molecule has 0 aromatic heterocycles. The number of carbonyl (C=O) groups excluding carboxylic acids is 1. The van der Waals surface area contributed by atoms with E-state index in [-0.39, 0.29) is 6.42 Å². The molecule has 1 N–H and O–H groups in total. The summed E-state index contributed by atoms with van der Waals surface area (Å²) in [6.07, 6.45) is -5.05. The van der Waals surface area contributed by atoms with Crippen LogP contribution >= 0.6 is 0 Å². The maximum absolute atomic E-state index is 12.1. The molecule has 1 unspecified atom stereocenters. The Morgan fingerprint density at radius 1 is 1.45 bits per heavy atom. The number of fused-ring (bicyclic) bond motifs is 1. The average Bonchev–Trinajstić information content (AvgIpc) is 2.34. The highest BCUT2D eigenvalue weighted by atomic mass is 19.4. The van der Waals surface area contributed by atoms with E-state index in [0.717, 1.165) is 10.5 Å². The van der Waals surface area contributed by atoms with Gasteiger partial charge in [0.25, 0.3) is 0 Å². The molecule has 0 radical (unpaired) electrons. The van der Waals surface area contributed by atoms with E-state index in [9.17, 15) is 23.1 Å². The molecule has 1 aromatic carbocycles. The minimum absolute atomic E-state index is 0.227. The third-order valence-electron chi connectivity index (χ3n) is 3.12. The highest BCUT2D eigenvalue weighted by Gasteiger charge is 2.41. The van der Waals surface area contributed by atoms with Gasteiger partial charge in [-0.3, -0.25) is 0 Å². The smallest absolute Gasteiger partial charge is 0.422 e. The summed E-state index contributed by atoms with van der Waals surface area (Å²) in [5, 5.41) is 10.2. The fourth-order valence-corrected chi connectivity index (χ4v) is 2.19. The summed E-state index contributed by atoms with van der Waals surface area (Å²) in [6, 6.07) is 6.73. The summed E-state index contributed by atoms with van der Waals surface area (Å²) < 4.78 is 40.6. The standard InChI is InChI=1S/C13H14F3NO3/c1-12(19)7-6-9-4-2-3-5-10(9)17(12)11(18)20-8-13(14,15)16/h2-5,19H,6-8H2,1H3. The van der Waals surface area contributed by atoms with Gasteiger partial charge in [-0.05, 0) is 31.4 Å². The van der Waals surface area contributed by atoms with Crippen LogP contribution in [-0.4, -0.2) is 29.7 Å². The molecule has 0 saturated carbocycles. The predicted molar refractivity (Wildman–Crippen MR) is 65.3 cm³/mol. The van der Waals surface area contributed by atoms with E-state index in [2.05, 4.69) is 4.74 Å². The molecule has 1 amide bonds. The normalized spacial score (nSPS) is 22.4. The fourth-order valence-electron chi connectivity index (χ4n) is 2.19. The number of ether oxygens (including phenoxy) is 1. The Kier molecular flexibility index (Phi) is 3.64. The van der Waals surface area contributed by atoms with E-state index in [1.165, 1.54) is 6.92 Å². The molecule has 1 aliphatic rings. The summed E-state index contributed by atoms with van der Waals surface area (Å²) >= 11 is 0. The van der Waals surface area contributed by atoms with Crippen molar-refractivity contribution in [2.45, 2.75) is 31.7 Å². The molecule has 1 aromatic rings. The Balaban J connectivity index is 2.26. The van der Waals surface area contributed by atoms with Crippen LogP contribution < -0.4 is 4.90 Å². The van der Waals surface area contributed by atoms with Gasteiger partial charge in [-0.15, -0.1) is 0 Å². The van der Waals surface area contributed by atoms with Crippen molar-refractivity contribution in [1.29, 1.82) is 0 Å². The van der Waals surface area contributed by atoms with Crippen LogP contribution in [0.3, 0.4) is 0 Å². The van der Waals surface area contributed by atoms with Crippen LogP contribution in [0, 0.1) is 0 Å². The number of carbonyl (C=O) groups is 1. The van der Waals surface area contributed by atoms with Crippen LogP contribution in [0.1, 0.15) is 18.9 Å². The van der Waals surface area contributed by atoms with Gasteiger partial charge in [-0.2, -0.15) is 13.2 Å². The molecule has 110 valence electrons.